The molecule has 4 aromatic rings. The van der Waals surface area contributed by atoms with Crippen molar-refractivity contribution in [1.29, 1.82) is 0 Å². The molecule has 1 unspecified atom stereocenters. The molecule has 4 aromatic heterocycles. The highest BCUT2D eigenvalue weighted by Gasteiger charge is 2.33. The van der Waals surface area contributed by atoms with Crippen molar-refractivity contribution in [1.82, 2.24) is 39.0 Å². The van der Waals surface area contributed by atoms with Crippen molar-refractivity contribution in [2.24, 2.45) is 15.0 Å². The van der Waals surface area contributed by atoms with E-state index in [0.29, 0.717) is 41.6 Å². The van der Waals surface area contributed by atoms with Crippen LogP contribution in [0.25, 0.3) is 23.2 Å². The van der Waals surface area contributed by atoms with Crippen LogP contribution in [0, 0.1) is 0 Å². The van der Waals surface area contributed by atoms with Crippen LogP contribution in [0.5, 0.6) is 0 Å². The first kappa shape index (κ1) is 25.4. The summed E-state index contributed by atoms with van der Waals surface area (Å²) in [4.78, 5) is 44.2. The van der Waals surface area contributed by atoms with E-state index in [1.54, 1.807) is 66.5 Å². The maximum Gasteiger partial charge on any atom is 0.242 e. The first-order valence-electron chi connectivity index (χ1n) is 13.8. The van der Waals surface area contributed by atoms with Crippen LogP contribution >= 0.6 is 0 Å². The molecule has 0 N–H and O–H groups in total. The molecule has 4 aliphatic rings. The average molecular weight is 575 g/mol. The van der Waals surface area contributed by atoms with E-state index in [2.05, 4.69) is 37.5 Å². The number of fused-ring (bicyclic) bond motifs is 2. The van der Waals surface area contributed by atoms with Gasteiger partial charge in [-0.2, -0.15) is 15.0 Å². The Bertz CT molecular complexity index is 2150. The van der Waals surface area contributed by atoms with Crippen molar-refractivity contribution in [2.45, 2.75) is 18.9 Å². The second kappa shape index (κ2) is 10.2. The van der Waals surface area contributed by atoms with Crippen molar-refractivity contribution < 1.29 is 0 Å². The quantitative estimate of drug-likeness (QED) is 0.318. The maximum absolute atomic E-state index is 5.02. The molecule has 0 saturated carbocycles. The molecule has 1 atom stereocenters. The highest BCUT2D eigenvalue weighted by atomic mass is 15.4. The lowest BCUT2D eigenvalue weighted by Gasteiger charge is -2.28. The number of pyridine rings is 1. The van der Waals surface area contributed by atoms with E-state index in [1.807, 2.05) is 53.0 Å². The third-order valence-corrected chi connectivity index (χ3v) is 7.37. The molecule has 0 saturated heterocycles. The highest BCUT2D eigenvalue weighted by Crippen LogP contribution is 2.38. The fraction of sp³-hybridized carbons (Fsp3) is 0.0938. The molecule has 8 heterocycles. The molecule has 8 rings (SSSR count). The Labute approximate surface area is 251 Å². The van der Waals surface area contributed by atoms with Gasteiger partial charge in [-0.3, -0.25) is 29.0 Å². The molecule has 12 heteroatoms. The minimum Gasteiger partial charge on any atom is -0.278 e. The van der Waals surface area contributed by atoms with Crippen molar-refractivity contribution in [3.05, 3.63) is 120 Å². The number of hydrogen-bond acceptors (Lipinski definition) is 10. The number of imidazole rings is 2. The predicted molar refractivity (Wildman–Crippen MR) is 167 cm³/mol. The molecule has 0 radical (unpaired) electrons. The van der Waals surface area contributed by atoms with Crippen LogP contribution in [-0.4, -0.2) is 57.7 Å². The molecule has 2 bridgehead atoms. The van der Waals surface area contributed by atoms with Gasteiger partial charge in [0.1, 0.15) is 17.1 Å². The zero-order chi connectivity index (χ0) is 29.5. The molecule has 0 aromatic carbocycles. The van der Waals surface area contributed by atoms with Crippen LogP contribution in [0.1, 0.15) is 30.6 Å². The van der Waals surface area contributed by atoms with E-state index in [9.17, 15) is 0 Å². The monoisotopic (exact) mass is 574 g/mol. The Kier molecular flexibility index (Phi) is 5.87. The van der Waals surface area contributed by atoms with Gasteiger partial charge in [-0.15, -0.1) is 0 Å². The van der Waals surface area contributed by atoms with Gasteiger partial charge < -0.3 is 0 Å². The number of rotatable bonds is 5. The van der Waals surface area contributed by atoms with Crippen molar-refractivity contribution in [2.75, 3.05) is 4.90 Å². The van der Waals surface area contributed by atoms with Gasteiger partial charge >= 0.3 is 0 Å². The van der Waals surface area contributed by atoms with Gasteiger partial charge in [-0.05, 0) is 43.7 Å². The third-order valence-electron chi connectivity index (χ3n) is 7.37. The summed E-state index contributed by atoms with van der Waals surface area (Å²) in [7, 11) is 0. The van der Waals surface area contributed by atoms with E-state index >= 15 is 0 Å². The molecular formula is C32H22N12. The Morgan fingerprint density at radius 1 is 0.909 bits per heavy atom. The van der Waals surface area contributed by atoms with E-state index in [0.717, 1.165) is 22.5 Å². The standard InChI is InChI=1S/C32H22N12/c1-32(10-4-6-12-38-32)28-37-16-18-43(28)30-39-29(42-17-15-36-27(42)25-7-3-2-5-11-35-25)40-31(41-30)44-23-8-13-33-20-22(19-23)24-21-34-14-9-26(24)44/h2-6,8-9,11-18,20-21H,10H2,1H3. The van der Waals surface area contributed by atoms with Crippen molar-refractivity contribution >= 4 is 41.5 Å². The van der Waals surface area contributed by atoms with Gasteiger partial charge in [0.15, 0.2) is 5.82 Å². The van der Waals surface area contributed by atoms with Gasteiger partial charge in [0, 0.05) is 73.2 Å². The Hall–Kier alpha value is -6.35. The Balaban J connectivity index is 1.36. The number of aromatic nitrogens is 8. The second-order valence-corrected chi connectivity index (χ2v) is 10.2. The SMILES string of the molecule is CC1(c2nccn2-c2nc(N3C4=C=C(C=NC=C4)c4cnccc43)nc(-n3ccnc3C3=C=CC=CC=N3)n2)CC=CC=N1. The predicted octanol–water partition coefficient (Wildman–Crippen LogP) is 4.64. The highest BCUT2D eigenvalue weighted by molar-refractivity contribution is 6.13. The van der Waals surface area contributed by atoms with Crippen LogP contribution in [0.2, 0.25) is 0 Å². The average Bonchev–Trinajstić information content (AvgIpc) is 3.62. The largest absolute Gasteiger partial charge is 0.278 e. The van der Waals surface area contributed by atoms with Gasteiger partial charge in [-0.1, -0.05) is 23.6 Å². The van der Waals surface area contributed by atoms with Crippen LogP contribution in [0.4, 0.5) is 11.6 Å². The first-order chi connectivity index (χ1) is 21.7. The fourth-order valence-electron chi connectivity index (χ4n) is 5.28. The van der Waals surface area contributed by atoms with Crippen LogP contribution in [-0.2, 0) is 5.54 Å². The summed E-state index contributed by atoms with van der Waals surface area (Å²) in [5, 5.41) is 0. The maximum atomic E-state index is 5.02. The minimum absolute atomic E-state index is 0.330. The molecule has 0 aliphatic carbocycles. The molecule has 44 heavy (non-hydrogen) atoms. The van der Waals surface area contributed by atoms with Gasteiger partial charge in [0.05, 0.1) is 11.4 Å². The molecule has 12 nitrogen and oxygen atoms in total. The summed E-state index contributed by atoms with van der Waals surface area (Å²) in [5.74, 6) is 2.27. The van der Waals surface area contributed by atoms with Crippen molar-refractivity contribution in [3.63, 3.8) is 0 Å². The molecule has 0 amide bonds. The van der Waals surface area contributed by atoms with Crippen LogP contribution in [0.15, 0.2) is 118 Å². The normalized spacial score (nSPS) is 19.4. The lowest BCUT2D eigenvalue weighted by Crippen LogP contribution is -2.27. The summed E-state index contributed by atoms with van der Waals surface area (Å²) >= 11 is 0. The minimum atomic E-state index is -0.603. The third kappa shape index (κ3) is 4.23. The summed E-state index contributed by atoms with van der Waals surface area (Å²) < 4.78 is 3.63. The van der Waals surface area contributed by atoms with E-state index < -0.39 is 5.54 Å². The first-order valence-corrected chi connectivity index (χ1v) is 13.8. The smallest absolute Gasteiger partial charge is 0.242 e. The topological polar surface area (TPSA) is 128 Å². The zero-order valence-corrected chi connectivity index (χ0v) is 23.4. The lowest BCUT2D eigenvalue weighted by molar-refractivity contribution is 0.461. The summed E-state index contributed by atoms with van der Waals surface area (Å²) in [6.07, 6.45) is 29.6. The molecule has 0 fully saturated rings. The van der Waals surface area contributed by atoms with Crippen molar-refractivity contribution in [3.8, 4) is 11.9 Å². The van der Waals surface area contributed by atoms with Gasteiger partial charge in [-0.25, -0.2) is 15.0 Å². The molecular weight excluding hydrogens is 552 g/mol. The summed E-state index contributed by atoms with van der Waals surface area (Å²) in [6.45, 7) is 2.04. The zero-order valence-electron chi connectivity index (χ0n) is 23.4. The summed E-state index contributed by atoms with van der Waals surface area (Å²) in [5.41, 5.74) is 9.78. The van der Waals surface area contributed by atoms with Gasteiger partial charge in [0.2, 0.25) is 17.8 Å². The van der Waals surface area contributed by atoms with Crippen LogP contribution < -0.4 is 4.90 Å². The molecule has 4 aliphatic heterocycles. The fourth-order valence-corrected chi connectivity index (χ4v) is 5.28. The Morgan fingerprint density at radius 3 is 2.68 bits per heavy atom. The number of aliphatic imine (C=N–C) groups is 3. The number of nitrogens with zero attached hydrogens (tertiary/aromatic N) is 12. The number of dihydropyridines is 1. The van der Waals surface area contributed by atoms with E-state index in [1.165, 1.54) is 0 Å². The summed E-state index contributed by atoms with van der Waals surface area (Å²) in [6, 6.07) is 1.92. The van der Waals surface area contributed by atoms with Crippen LogP contribution in [0.3, 0.4) is 0 Å². The molecule has 0 spiro atoms. The van der Waals surface area contributed by atoms with E-state index in [4.69, 9.17) is 24.9 Å². The number of hydrogen-bond donors (Lipinski definition) is 0. The molecule has 210 valence electrons. The Morgan fingerprint density at radius 2 is 1.77 bits per heavy atom. The van der Waals surface area contributed by atoms with E-state index in [-0.39, 0.29) is 0 Å². The lowest BCUT2D eigenvalue weighted by atomic mass is 9.95. The number of allylic oxidation sites excluding steroid dienone is 5. The second-order valence-electron chi connectivity index (χ2n) is 10.2. The van der Waals surface area contributed by atoms with Gasteiger partial charge in [0.25, 0.3) is 0 Å². The number of anilines is 2.